The van der Waals surface area contributed by atoms with E-state index < -0.39 is 29.9 Å². The van der Waals surface area contributed by atoms with Crippen molar-refractivity contribution in [1.82, 2.24) is 10.4 Å². The average Bonchev–Trinajstić information content (AvgIpc) is 3.30. The first-order valence-electron chi connectivity index (χ1n) is 11.2. The van der Waals surface area contributed by atoms with Gasteiger partial charge in [0.25, 0.3) is 11.8 Å². The summed E-state index contributed by atoms with van der Waals surface area (Å²) in [5.74, 6) is -2.31. The van der Waals surface area contributed by atoms with Crippen LogP contribution in [0.3, 0.4) is 0 Å². The Bertz CT molecular complexity index is 1270. The van der Waals surface area contributed by atoms with E-state index in [0.717, 1.165) is 22.3 Å². The Labute approximate surface area is 201 Å². The highest BCUT2D eigenvalue weighted by atomic mass is 16.7. The Morgan fingerprint density at radius 2 is 1.31 bits per heavy atom. The van der Waals surface area contributed by atoms with Gasteiger partial charge in [0.15, 0.2) is 0 Å². The van der Waals surface area contributed by atoms with Crippen LogP contribution in [0.4, 0.5) is 4.79 Å². The standard InChI is InChI=1S/C27H22N2O6/c1-16(14-24(30)35-29-25(31)21-12-6-7-13-22(21)26(29)32)28-27(33)34-15-23-19-10-4-2-8-17(19)18-9-3-5-11-20(18)23/h2-13,16,23H,14-15H2,1H3,(H,28,33). The molecule has 1 aliphatic heterocycles. The van der Waals surface area contributed by atoms with E-state index >= 15 is 0 Å². The first-order valence-corrected chi connectivity index (χ1v) is 11.2. The lowest BCUT2D eigenvalue weighted by atomic mass is 9.98. The Balaban J connectivity index is 1.14. The SMILES string of the molecule is CC(CC(=O)ON1C(=O)c2ccccc2C1=O)NC(=O)OCC1c2ccccc2-c2ccccc21. The van der Waals surface area contributed by atoms with Crippen LogP contribution < -0.4 is 5.32 Å². The van der Waals surface area contributed by atoms with Gasteiger partial charge in [0.1, 0.15) is 6.61 Å². The number of nitrogens with zero attached hydrogens (tertiary/aromatic N) is 1. The van der Waals surface area contributed by atoms with E-state index in [1.54, 1.807) is 19.1 Å². The van der Waals surface area contributed by atoms with Crippen molar-refractivity contribution >= 4 is 23.9 Å². The number of hydroxylamine groups is 2. The molecular formula is C27H22N2O6. The van der Waals surface area contributed by atoms with Gasteiger partial charge in [-0.25, -0.2) is 9.59 Å². The number of ether oxygens (including phenoxy) is 1. The van der Waals surface area contributed by atoms with Gasteiger partial charge < -0.3 is 14.9 Å². The van der Waals surface area contributed by atoms with Gasteiger partial charge in [0.2, 0.25) is 0 Å². The summed E-state index contributed by atoms with van der Waals surface area (Å²) in [7, 11) is 0. The maximum atomic E-state index is 12.4. The maximum absolute atomic E-state index is 12.4. The van der Waals surface area contributed by atoms with Gasteiger partial charge >= 0.3 is 12.1 Å². The summed E-state index contributed by atoms with van der Waals surface area (Å²) in [5.41, 5.74) is 4.80. The topological polar surface area (TPSA) is 102 Å². The van der Waals surface area contributed by atoms with Gasteiger partial charge in [0, 0.05) is 12.0 Å². The molecule has 0 fully saturated rings. The second-order valence-corrected chi connectivity index (χ2v) is 8.49. The molecule has 1 unspecified atom stereocenters. The van der Waals surface area contributed by atoms with Crippen molar-refractivity contribution in [2.24, 2.45) is 0 Å². The number of fused-ring (bicyclic) bond motifs is 4. The highest BCUT2D eigenvalue weighted by Crippen LogP contribution is 2.44. The summed E-state index contributed by atoms with van der Waals surface area (Å²) in [5, 5.41) is 3.05. The van der Waals surface area contributed by atoms with E-state index in [1.807, 2.05) is 36.4 Å². The molecule has 3 aromatic carbocycles. The number of imide groups is 1. The smallest absolute Gasteiger partial charge is 0.407 e. The summed E-state index contributed by atoms with van der Waals surface area (Å²) < 4.78 is 5.48. The highest BCUT2D eigenvalue weighted by Gasteiger charge is 2.38. The molecule has 0 bridgehead atoms. The van der Waals surface area contributed by atoms with Gasteiger partial charge in [-0.05, 0) is 41.3 Å². The molecule has 3 aromatic rings. The van der Waals surface area contributed by atoms with E-state index in [9.17, 15) is 19.2 Å². The Kier molecular flexibility index (Phi) is 5.78. The number of nitrogens with one attached hydrogen (secondary N) is 1. The van der Waals surface area contributed by atoms with Crippen LogP contribution in [0.1, 0.15) is 51.1 Å². The third kappa shape index (κ3) is 4.14. The number of hydrogen-bond donors (Lipinski definition) is 1. The molecule has 5 rings (SSSR count). The van der Waals surface area contributed by atoms with Gasteiger partial charge in [-0.2, -0.15) is 0 Å². The maximum Gasteiger partial charge on any atom is 0.407 e. The van der Waals surface area contributed by atoms with Crippen LogP contribution in [0.2, 0.25) is 0 Å². The summed E-state index contributed by atoms with van der Waals surface area (Å²) >= 11 is 0. The molecular weight excluding hydrogens is 448 g/mol. The number of carbonyl (C=O) groups is 4. The van der Waals surface area contributed by atoms with E-state index in [0.29, 0.717) is 5.06 Å². The lowest BCUT2D eigenvalue weighted by Crippen LogP contribution is -2.38. The summed E-state index contributed by atoms with van der Waals surface area (Å²) in [6.45, 7) is 1.75. The van der Waals surface area contributed by atoms with Crippen LogP contribution in [0.5, 0.6) is 0 Å². The van der Waals surface area contributed by atoms with Crippen LogP contribution in [0, 0.1) is 0 Å². The molecule has 0 saturated carbocycles. The lowest BCUT2D eigenvalue weighted by molar-refractivity contribution is -0.169. The largest absolute Gasteiger partial charge is 0.449 e. The van der Waals surface area contributed by atoms with Crippen molar-refractivity contribution in [2.45, 2.75) is 25.3 Å². The number of alkyl carbamates (subject to hydrolysis) is 1. The van der Waals surface area contributed by atoms with Crippen molar-refractivity contribution in [3.63, 3.8) is 0 Å². The molecule has 0 spiro atoms. The lowest BCUT2D eigenvalue weighted by Gasteiger charge is -2.18. The quantitative estimate of drug-likeness (QED) is 0.545. The summed E-state index contributed by atoms with van der Waals surface area (Å²) in [6.07, 6.45) is -0.926. The van der Waals surface area contributed by atoms with Gasteiger partial charge in [-0.3, -0.25) is 9.59 Å². The third-order valence-electron chi connectivity index (χ3n) is 6.13. The number of carbonyl (C=O) groups excluding carboxylic acids is 4. The molecule has 1 N–H and O–H groups in total. The van der Waals surface area contributed by atoms with Gasteiger partial charge in [0.05, 0.1) is 17.5 Å². The molecule has 1 aliphatic carbocycles. The number of hydrogen-bond acceptors (Lipinski definition) is 6. The first-order chi connectivity index (χ1) is 16.9. The minimum Gasteiger partial charge on any atom is -0.449 e. The molecule has 2 aliphatic rings. The minimum atomic E-state index is -0.828. The van der Waals surface area contributed by atoms with Crippen molar-refractivity contribution in [3.05, 3.63) is 95.1 Å². The molecule has 0 saturated heterocycles. The second kappa shape index (κ2) is 9.06. The van der Waals surface area contributed by atoms with E-state index in [4.69, 9.17) is 9.57 Å². The van der Waals surface area contributed by atoms with Crippen LogP contribution in [0.15, 0.2) is 72.8 Å². The molecule has 1 atom stereocenters. The zero-order chi connectivity index (χ0) is 24.5. The Morgan fingerprint density at radius 1 is 0.829 bits per heavy atom. The average molecular weight is 470 g/mol. The molecule has 0 aromatic heterocycles. The third-order valence-corrected chi connectivity index (χ3v) is 6.13. The predicted molar refractivity (Wildman–Crippen MR) is 125 cm³/mol. The fraction of sp³-hybridized carbons (Fsp3) is 0.185. The molecule has 176 valence electrons. The van der Waals surface area contributed by atoms with Crippen LogP contribution in [-0.2, 0) is 14.4 Å². The van der Waals surface area contributed by atoms with Crippen molar-refractivity contribution in [2.75, 3.05) is 6.61 Å². The zero-order valence-electron chi connectivity index (χ0n) is 18.9. The van der Waals surface area contributed by atoms with E-state index in [1.165, 1.54) is 12.1 Å². The van der Waals surface area contributed by atoms with Crippen molar-refractivity contribution < 1.29 is 28.8 Å². The van der Waals surface area contributed by atoms with Crippen molar-refractivity contribution in [3.8, 4) is 11.1 Å². The molecule has 0 radical (unpaired) electrons. The summed E-state index contributed by atoms with van der Waals surface area (Å²) in [4.78, 5) is 54.4. The molecule has 8 heteroatoms. The van der Waals surface area contributed by atoms with Crippen LogP contribution >= 0.6 is 0 Å². The Hall–Kier alpha value is -4.46. The molecule has 35 heavy (non-hydrogen) atoms. The predicted octanol–water partition coefficient (Wildman–Crippen LogP) is 4.06. The fourth-order valence-corrected chi connectivity index (χ4v) is 4.53. The van der Waals surface area contributed by atoms with Gasteiger partial charge in [-0.15, -0.1) is 0 Å². The second-order valence-electron chi connectivity index (χ2n) is 8.49. The van der Waals surface area contributed by atoms with Crippen LogP contribution in [0.25, 0.3) is 11.1 Å². The highest BCUT2D eigenvalue weighted by molar-refractivity contribution is 6.20. The molecule has 8 nitrogen and oxygen atoms in total. The minimum absolute atomic E-state index is 0.0813. The van der Waals surface area contributed by atoms with E-state index in [-0.39, 0.29) is 30.1 Å². The van der Waals surface area contributed by atoms with Gasteiger partial charge in [-0.1, -0.05) is 65.7 Å². The number of benzene rings is 3. The fourth-order valence-electron chi connectivity index (χ4n) is 4.53. The normalized spacial score (nSPS) is 14.7. The Morgan fingerprint density at radius 3 is 1.86 bits per heavy atom. The van der Waals surface area contributed by atoms with E-state index in [2.05, 4.69) is 17.4 Å². The van der Waals surface area contributed by atoms with Crippen LogP contribution in [-0.4, -0.2) is 41.6 Å². The zero-order valence-corrected chi connectivity index (χ0v) is 18.9. The molecule has 1 heterocycles. The number of amides is 3. The first kappa shape index (κ1) is 22.3. The summed E-state index contributed by atoms with van der Waals surface area (Å²) in [6, 6.07) is 21.6. The molecule has 3 amide bonds. The number of rotatable bonds is 6. The van der Waals surface area contributed by atoms with Crippen molar-refractivity contribution in [1.29, 1.82) is 0 Å². The monoisotopic (exact) mass is 470 g/mol.